The maximum atomic E-state index is 13.2. The van der Waals surface area contributed by atoms with Crippen LogP contribution in [0.25, 0.3) is 10.2 Å². The van der Waals surface area contributed by atoms with E-state index in [-0.39, 0.29) is 11.7 Å². The minimum atomic E-state index is -0.238. The number of fused-ring (bicyclic) bond motifs is 1. The Kier molecular flexibility index (Phi) is 3.90. The van der Waals surface area contributed by atoms with E-state index in [9.17, 15) is 9.18 Å². The number of aryl methyl sites for hydroxylation is 1. The number of aromatic nitrogens is 1. The molecule has 0 aliphatic rings. The molecular weight excluding hydrogens is 299 g/mol. The summed E-state index contributed by atoms with van der Waals surface area (Å²) in [4.78, 5) is 15.6. The van der Waals surface area contributed by atoms with Crippen molar-refractivity contribution in [2.75, 3.05) is 5.32 Å². The first-order valence-electron chi connectivity index (χ1n) is 6.93. The Hall–Kier alpha value is -2.27. The highest BCUT2D eigenvalue weighted by atomic mass is 32.1. The summed E-state index contributed by atoms with van der Waals surface area (Å²) < 4.78 is 14.1. The molecule has 22 heavy (non-hydrogen) atoms. The van der Waals surface area contributed by atoms with Crippen LogP contribution in [0.3, 0.4) is 0 Å². The Morgan fingerprint density at radius 3 is 2.82 bits per heavy atom. The number of halogens is 1. The average Bonchev–Trinajstić information content (AvgIpc) is 2.82. The molecule has 0 saturated carbocycles. The molecule has 1 N–H and O–H groups in total. The van der Waals surface area contributed by atoms with E-state index in [1.165, 1.54) is 30.4 Å². The Bertz CT molecular complexity index is 857. The third-order valence-electron chi connectivity index (χ3n) is 3.35. The van der Waals surface area contributed by atoms with Gasteiger partial charge in [0.1, 0.15) is 5.82 Å². The van der Waals surface area contributed by atoms with Gasteiger partial charge in [0, 0.05) is 19.0 Å². The number of anilines is 1. The van der Waals surface area contributed by atoms with Gasteiger partial charge in [-0.25, -0.2) is 9.37 Å². The molecule has 1 amide bonds. The van der Waals surface area contributed by atoms with E-state index in [2.05, 4.69) is 10.3 Å². The Labute approximate surface area is 131 Å². The van der Waals surface area contributed by atoms with Crippen LogP contribution in [-0.2, 0) is 11.2 Å². The van der Waals surface area contributed by atoms with Crippen molar-refractivity contribution in [1.82, 2.24) is 4.98 Å². The summed E-state index contributed by atoms with van der Waals surface area (Å²) in [6.45, 7) is 3.45. The summed E-state index contributed by atoms with van der Waals surface area (Å²) >= 11 is 1.51. The highest BCUT2D eigenvalue weighted by Crippen LogP contribution is 2.26. The molecule has 3 aromatic rings. The fourth-order valence-corrected chi connectivity index (χ4v) is 3.39. The summed E-state index contributed by atoms with van der Waals surface area (Å²) in [5, 5.41) is 3.75. The van der Waals surface area contributed by atoms with Gasteiger partial charge in [-0.2, -0.15) is 0 Å². The molecule has 0 saturated heterocycles. The average molecular weight is 314 g/mol. The first kappa shape index (κ1) is 14.7. The SMILES string of the molecule is CC(=O)Nc1ccc(Cc2nc3ccc(F)cc3s2)cc1C. The zero-order chi connectivity index (χ0) is 15.7. The van der Waals surface area contributed by atoms with Gasteiger partial charge < -0.3 is 5.32 Å². The molecule has 0 spiro atoms. The third kappa shape index (κ3) is 3.14. The number of amides is 1. The lowest BCUT2D eigenvalue weighted by atomic mass is 10.1. The van der Waals surface area contributed by atoms with Gasteiger partial charge in [0.15, 0.2) is 0 Å². The van der Waals surface area contributed by atoms with Gasteiger partial charge in [-0.3, -0.25) is 4.79 Å². The number of carbonyl (C=O) groups is 1. The molecule has 2 aromatic carbocycles. The Morgan fingerprint density at radius 1 is 1.27 bits per heavy atom. The first-order chi connectivity index (χ1) is 10.5. The molecule has 0 aliphatic carbocycles. The van der Waals surface area contributed by atoms with Crippen LogP contribution in [0.4, 0.5) is 10.1 Å². The molecule has 1 aromatic heterocycles. The molecule has 1 heterocycles. The molecule has 0 atom stereocenters. The summed E-state index contributed by atoms with van der Waals surface area (Å²) in [5.41, 5.74) is 3.78. The maximum Gasteiger partial charge on any atom is 0.221 e. The normalized spacial score (nSPS) is 10.9. The lowest BCUT2D eigenvalue weighted by Crippen LogP contribution is -2.07. The number of hydrogen-bond donors (Lipinski definition) is 1. The van der Waals surface area contributed by atoms with Gasteiger partial charge >= 0.3 is 0 Å². The van der Waals surface area contributed by atoms with Crippen LogP contribution >= 0.6 is 11.3 Å². The smallest absolute Gasteiger partial charge is 0.221 e. The first-order valence-corrected chi connectivity index (χ1v) is 7.75. The Balaban J connectivity index is 1.85. The van der Waals surface area contributed by atoms with Crippen molar-refractivity contribution in [1.29, 1.82) is 0 Å². The van der Waals surface area contributed by atoms with E-state index in [1.807, 2.05) is 25.1 Å². The number of rotatable bonds is 3. The summed E-state index contributed by atoms with van der Waals surface area (Å²) in [7, 11) is 0. The molecule has 5 heteroatoms. The van der Waals surface area contributed by atoms with Gasteiger partial charge in [-0.05, 0) is 42.3 Å². The highest BCUT2D eigenvalue weighted by Gasteiger charge is 2.07. The maximum absolute atomic E-state index is 13.2. The predicted molar refractivity (Wildman–Crippen MR) is 87.9 cm³/mol. The zero-order valence-corrected chi connectivity index (χ0v) is 13.1. The van der Waals surface area contributed by atoms with Crippen LogP contribution in [0.1, 0.15) is 23.1 Å². The van der Waals surface area contributed by atoms with Crippen LogP contribution in [0.5, 0.6) is 0 Å². The predicted octanol–water partition coefficient (Wildman–Crippen LogP) is 4.29. The van der Waals surface area contributed by atoms with Crippen molar-refractivity contribution >= 4 is 33.1 Å². The highest BCUT2D eigenvalue weighted by molar-refractivity contribution is 7.18. The van der Waals surface area contributed by atoms with E-state index in [0.717, 1.165) is 32.0 Å². The molecule has 0 aliphatic heterocycles. The van der Waals surface area contributed by atoms with E-state index in [1.54, 1.807) is 6.07 Å². The van der Waals surface area contributed by atoms with Gasteiger partial charge in [0.05, 0.1) is 15.2 Å². The fraction of sp³-hybridized carbons (Fsp3) is 0.176. The molecule has 0 radical (unpaired) electrons. The molecule has 0 bridgehead atoms. The number of nitrogens with one attached hydrogen (secondary N) is 1. The second-order valence-corrected chi connectivity index (χ2v) is 6.34. The molecule has 3 nitrogen and oxygen atoms in total. The van der Waals surface area contributed by atoms with Crippen molar-refractivity contribution in [2.24, 2.45) is 0 Å². The molecule has 3 rings (SSSR count). The van der Waals surface area contributed by atoms with Crippen molar-refractivity contribution in [2.45, 2.75) is 20.3 Å². The summed E-state index contributed by atoms with van der Waals surface area (Å²) in [6.07, 6.45) is 0.697. The van der Waals surface area contributed by atoms with Crippen LogP contribution in [0.2, 0.25) is 0 Å². The summed E-state index contributed by atoms with van der Waals surface area (Å²) in [6, 6.07) is 10.6. The molecular formula is C17H15FN2OS. The van der Waals surface area contributed by atoms with Gasteiger partial charge in [0.2, 0.25) is 5.91 Å². The van der Waals surface area contributed by atoms with Crippen LogP contribution in [0, 0.1) is 12.7 Å². The number of thiazole rings is 1. The second-order valence-electron chi connectivity index (χ2n) is 5.23. The van der Waals surface area contributed by atoms with Crippen molar-refractivity contribution in [3.63, 3.8) is 0 Å². The third-order valence-corrected chi connectivity index (χ3v) is 4.37. The monoisotopic (exact) mass is 314 g/mol. The van der Waals surface area contributed by atoms with Gasteiger partial charge in [0.25, 0.3) is 0 Å². The number of benzene rings is 2. The molecule has 112 valence electrons. The number of nitrogens with zero attached hydrogens (tertiary/aromatic N) is 1. The van der Waals surface area contributed by atoms with Crippen LogP contribution < -0.4 is 5.32 Å². The number of hydrogen-bond acceptors (Lipinski definition) is 3. The van der Waals surface area contributed by atoms with Crippen LogP contribution in [-0.4, -0.2) is 10.9 Å². The minimum absolute atomic E-state index is 0.0796. The van der Waals surface area contributed by atoms with Crippen molar-refractivity contribution < 1.29 is 9.18 Å². The van der Waals surface area contributed by atoms with Crippen molar-refractivity contribution in [3.05, 3.63) is 58.3 Å². The molecule has 0 unspecified atom stereocenters. The fourth-order valence-electron chi connectivity index (χ4n) is 2.36. The second kappa shape index (κ2) is 5.85. The summed E-state index contributed by atoms with van der Waals surface area (Å²) in [5.74, 6) is -0.317. The topological polar surface area (TPSA) is 42.0 Å². The lowest BCUT2D eigenvalue weighted by molar-refractivity contribution is -0.114. The lowest BCUT2D eigenvalue weighted by Gasteiger charge is -2.08. The van der Waals surface area contributed by atoms with E-state index < -0.39 is 0 Å². The van der Waals surface area contributed by atoms with E-state index >= 15 is 0 Å². The van der Waals surface area contributed by atoms with Crippen LogP contribution in [0.15, 0.2) is 36.4 Å². The quantitative estimate of drug-likeness (QED) is 0.783. The zero-order valence-electron chi connectivity index (χ0n) is 12.3. The molecule has 0 fully saturated rings. The van der Waals surface area contributed by atoms with Crippen molar-refractivity contribution in [3.8, 4) is 0 Å². The minimum Gasteiger partial charge on any atom is -0.326 e. The van der Waals surface area contributed by atoms with Gasteiger partial charge in [-0.1, -0.05) is 12.1 Å². The largest absolute Gasteiger partial charge is 0.326 e. The number of carbonyl (C=O) groups excluding carboxylic acids is 1. The van der Waals surface area contributed by atoms with E-state index in [0.29, 0.717) is 6.42 Å². The Morgan fingerprint density at radius 2 is 2.09 bits per heavy atom. The van der Waals surface area contributed by atoms with Gasteiger partial charge in [-0.15, -0.1) is 11.3 Å². The van der Waals surface area contributed by atoms with E-state index in [4.69, 9.17) is 0 Å². The standard InChI is InChI=1S/C17H15FN2OS/c1-10-7-12(3-5-14(10)19-11(2)21)8-17-20-15-6-4-13(18)9-16(15)22-17/h3-7,9H,8H2,1-2H3,(H,19,21).